The number of phenolic OH excluding ortho intramolecular Hbond substituents is 1. The van der Waals surface area contributed by atoms with Gasteiger partial charge in [0.05, 0.1) is 50.4 Å². The maximum atomic E-state index is 12.8. The van der Waals surface area contributed by atoms with E-state index in [1.807, 2.05) is 48.5 Å². The van der Waals surface area contributed by atoms with E-state index in [9.17, 15) is 40.5 Å². The zero-order chi connectivity index (χ0) is 51.7. The molecule has 0 aliphatic rings. The summed E-state index contributed by atoms with van der Waals surface area (Å²) in [6, 6.07) is 40.7. The van der Waals surface area contributed by atoms with Crippen LogP contribution < -0.4 is 38.8 Å². The lowest BCUT2D eigenvalue weighted by Crippen LogP contribution is -2.15. The number of nitro groups is 1. The molecule has 8 aromatic carbocycles. The van der Waals surface area contributed by atoms with Crippen LogP contribution in [0.3, 0.4) is 0 Å². The summed E-state index contributed by atoms with van der Waals surface area (Å²) in [4.78, 5) is 10.2. The van der Waals surface area contributed by atoms with Gasteiger partial charge in [0.25, 0.3) is 35.8 Å². The molecule has 0 spiro atoms. The Balaban J connectivity index is 0.000000174. The lowest BCUT2D eigenvalue weighted by Gasteiger charge is -2.14. The van der Waals surface area contributed by atoms with Gasteiger partial charge in [0.15, 0.2) is 0 Å². The molecule has 0 aliphatic heterocycles. The zero-order valence-corrected chi connectivity index (χ0v) is 43.4. The van der Waals surface area contributed by atoms with E-state index < -0.39 is 35.0 Å². The van der Waals surface area contributed by atoms with E-state index in [1.54, 1.807) is 48.5 Å². The lowest BCUT2D eigenvalue weighted by atomic mass is 10.1. The Morgan fingerprint density at radius 2 is 0.887 bits per heavy atom. The number of ether oxygens (including phenoxy) is 4. The number of hydrogen-bond donors (Lipinski definition) is 5. The van der Waals surface area contributed by atoms with Crippen molar-refractivity contribution in [1.29, 1.82) is 0 Å². The SMILES string of the molecule is COc1ccc(Br)cc1S(=O)(=O)Nc1cc2ccccc2cc1N.COc1ccc(Br)cc1S(=O)(=O)Nc1cc2ccccc2cc1O.COc1ccc(OC)c(S(=O)(=O)Nc2ccccc2[N+](=O)[O-])c1. The van der Waals surface area contributed by atoms with E-state index in [0.717, 1.165) is 21.5 Å². The van der Waals surface area contributed by atoms with Crippen LogP contribution in [0, 0.1) is 10.1 Å². The average molecular weight is 1150 g/mol. The Morgan fingerprint density at radius 3 is 1.37 bits per heavy atom. The fraction of sp³-hybridized carbons (Fsp3) is 0.0833. The summed E-state index contributed by atoms with van der Waals surface area (Å²) in [6.07, 6.45) is 0. The maximum absolute atomic E-state index is 12.8. The Hall–Kier alpha value is -7.31. The molecule has 0 radical (unpaired) electrons. The van der Waals surface area contributed by atoms with Crippen molar-refractivity contribution in [2.24, 2.45) is 0 Å². The molecule has 71 heavy (non-hydrogen) atoms. The predicted molar refractivity (Wildman–Crippen MR) is 280 cm³/mol. The number of fused-ring (bicyclic) bond motifs is 2. The lowest BCUT2D eigenvalue weighted by molar-refractivity contribution is -0.383. The van der Waals surface area contributed by atoms with Gasteiger partial charge in [-0.3, -0.25) is 24.3 Å². The monoisotopic (exact) mass is 1150 g/mol. The molecule has 0 fully saturated rings. The molecular formula is C48H43Br2N5O13S3. The van der Waals surface area contributed by atoms with Crippen molar-refractivity contribution in [3.05, 3.63) is 171 Å². The number of nitro benzene ring substituents is 1. The van der Waals surface area contributed by atoms with Gasteiger partial charge in [-0.2, -0.15) is 0 Å². The molecule has 0 aliphatic carbocycles. The first kappa shape index (κ1) is 53.0. The number of nitrogens with two attached hydrogens (primary N) is 1. The number of sulfonamides is 3. The first-order valence-corrected chi connectivity index (χ1v) is 26.4. The van der Waals surface area contributed by atoms with Gasteiger partial charge in [-0.1, -0.05) is 92.5 Å². The van der Waals surface area contributed by atoms with Crippen molar-refractivity contribution in [3.8, 4) is 28.7 Å². The van der Waals surface area contributed by atoms with Crippen molar-refractivity contribution < 1.29 is 54.2 Å². The highest BCUT2D eigenvalue weighted by atomic mass is 79.9. The van der Waals surface area contributed by atoms with Crippen molar-refractivity contribution in [3.63, 3.8) is 0 Å². The van der Waals surface area contributed by atoms with E-state index in [4.69, 9.17) is 24.7 Å². The summed E-state index contributed by atoms with van der Waals surface area (Å²) in [5.41, 5.74) is 6.31. The largest absolute Gasteiger partial charge is 0.506 e. The number of aromatic hydroxyl groups is 1. The number of nitrogens with zero attached hydrogens (tertiary/aromatic N) is 1. The Labute approximate surface area is 425 Å². The summed E-state index contributed by atoms with van der Waals surface area (Å²) in [5, 5.41) is 24.6. The normalized spacial score (nSPS) is 11.2. The second kappa shape index (κ2) is 22.6. The van der Waals surface area contributed by atoms with E-state index >= 15 is 0 Å². The third-order valence-electron chi connectivity index (χ3n) is 10.1. The Kier molecular flexibility index (Phi) is 16.9. The molecule has 0 amide bonds. The van der Waals surface area contributed by atoms with Crippen LogP contribution in [0.25, 0.3) is 21.5 Å². The Morgan fingerprint density at radius 1 is 0.493 bits per heavy atom. The van der Waals surface area contributed by atoms with Gasteiger partial charge in [0.1, 0.15) is 49.1 Å². The van der Waals surface area contributed by atoms with Crippen LogP contribution in [-0.4, -0.2) is 63.7 Å². The van der Waals surface area contributed by atoms with E-state index in [-0.39, 0.29) is 54.7 Å². The minimum absolute atomic E-state index is 0.0214. The van der Waals surface area contributed by atoms with Crippen molar-refractivity contribution in [2.45, 2.75) is 14.7 Å². The van der Waals surface area contributed by atoms with Crippen LogP contribution in [0.5, 0.6) is 28.7 Å². The van der Waals surface area contributed by atoms with Gasteiger partial charge >= 0.3 is 0 Å². The maximum Gasteiger partial charge on any atom is 0.293 e. The van der Waals surface area contributed by atoms with Crippen molar-refractivity contribution >= 4 is 112 Å². The number of anilines is 4. The van der Waals surface area contributed by atoms with Crippen LogP contribution in [0.2, 0.25) is 0 Å². The highest BCUT2D eigenvalue weighted by Crippen LogP contribution is 2.36. The zero-order valence-electron chi connectivity index (χ0n) is 37.8. The van der Waals surface area contributed by atoms with Gasteiger partial charge in [0, 0.05) is 21.1 Å². The van der Waals surface area contributed by atoms with Crippen LogP contribution in [-0.2, 0) is 30.1 Å². The molecule has 0 atom stereocenters. The van der Waals surface area contributed by atoms with Gasteiger partial charge < -0.3 is 29.8 Å². The summed E-state index contributed by atoms with van der Waals surface area (Å²) < 4.78 is 105. The number of para-hydroxylation sites is 2. The first-order valence-electron chi connectivity index (χ1n) is 20.4. The van der Waals surface area contributed by atoms with Crippen molar-refractivity contribution in [2.75, 3.05) is 48.3 Å². The number of nitrogen functional groups attached to an aromatic ring is 1. The number of rotatable bonds is 14. The number of hydrogen-bond acceptors (Lipinski definition) is 14. The van der Waals surface area contributed by atoms with Crippen LogP contribution in [0.4, 0.5) is 28.4 Å². The third-order valence-corrected chi connectivity index (χ3v) is 15.3. The van der Waals surface area contributed by atoms with Gasteiger partial charge in [0.2, 0.25) is 0 Å². The van der Waals surface area contributed by atoms with Gasteiger partial charge in [-0.25, -0.2) is 25.3 Å². The molecule has 23 heteroatoms. The number of methoxy groups -OCH3 is 4. The summed E-state index contributed by atoms with van der Waals surface area (Å²) in [6.45, 7) is 0. The number of phenols is 1. The highest BCUT2D eigenvalue weighted by molar-refractivity contribution is 9.10. The molecule has 370 valence electrons. The molecule has 18 nitrogen and oxygen atoms in total. The molecule has 8 rings (SSSR count). The standard InChI is InChI=1S/C17H15BrN2O3S.C17H14BrNO4S.C14H14N2O6S/c1-23-16-7-6-13(18)10-17(16)24(21,22)20-15-9-12-5-3-2-4-11(12)8-14(15)19;1-23-16-7-6-13(18)10-17(16)24(21,22)19-14-8-11-4-2-3-5-12(11)9-15(14)20;1-21-10-7-8-13(22-2)14(9-10)23(19,20)15-11-5-3-4-6-12(11)16(17)18/h2-10,20H,19H2,1H3;2-10,19-20H,1H3;3-9,15H,1-2H3. The fourth-order valence-corrected chi connectivity index (χ4v) is 11.5. The summed E-state index contributed by atoms with van der Waals surface area (Å²) in [5.74, 6) is 0.730. The second-order valence-corrected chi connectivity index (χ2v) is 21.5. The van der Waals surface area contributed by atoms with E-state index in [0.29, 0.717) is 26.1 Å². The molecule has 0 aromatic heterocycles. The molecule has 0 saturated heterocycles. The molecule has 0 heterocycles. The Bertz CT molecular complexity index is 3460. The van der Waals surface area contributed by atoms with Crippen LogP contribution >= 0.6 is 31.9 Å². The van der Waals surface area contributed by atoms with Crippen molar-refractivity contribution in [1.82, 2.24) is 0 Å². The predicted octanol–water partition coefficient (Wildman–Crippen LogP) is 10.5. The number of nitrogens with one attached hydrogen (secondary N) is 3. The molecule has 0 unspecified atom stereocenters. The topological polar surface area (TPSA) is 265 Å². The minimum Gasteiger partial charge on any atom is -0.506 e. The number of benzene rings is 8. The fourth-order valence-electron chi connectivity index (χ4n) is 6.69. The van der Waals surface area contributed by atoms with E-state index in [2.05, 4.69) is 46.0 Å². The van der Waals surface area contributed by atoms with E-state index in [1.165, 1.54) is 83.0 Å². The third kappa shape index (κ3) is 12.9. The molecule has 0 saturated carbocycles. The van der Waals surface area contributed by atoms with Gasteiger partial charge in [-0.15, -0.1) is 0 Å². The van der Waals surface area contributed by atoms with Crippen LogP contribution in [0.15, 0.2) is 175 Å². The second-order valence-electron chi connectivity index (χ2n) is 14.7. The van der Waals surface area contributed by atoms with Gasteiger partial charge in [-0.05, 0) is 100 Å². The molecule has 6 N–H and O–H groups in total. The molecular weight excluding hydrogens is 1110 g/mol. The van der Waals surface area contributed by atoms with Crippen LogP contribution in [0.1, 0.15) is 0 Å². The average Bonchev–Trinajstić information content (AvgIpc) is 3.34. The summed E-state index contributed by atoms with van der Waals surface area (Å²) >= 11 is 6.53. The minimum atomic E-state index is -4.10. The molecule has 0 bridgehead atoms. The number of halogens is 2. The highest BCUT2D eigenvalue weighted by Gasteiger charge is 2.26. The first-order chi connectivity index (χ1) is 33.7. The quantitative estimate of drug-likeness (QED) is 0.0294. The summed E-state index contributed by atoms with van der Waals surface area (Å²) in [7, 11) is -6.35. The molecule has 8 aromatic rings. The smallest absolute Gasteiger partial charge is 0.293 e.